The molecule has 0 N–H and O–H groups in total. The number of hydrogen-bond donors (Lipinski definition) is 0. The second-order valence-corrected chi connectivity index (χ2v) is 6.13. The molecule has 2 aromatic heterocycles. The third kappa shape index (κ3) is 2.68. The third-order valence-corrected chi connectivity index (χ3v) is 4.40. The van der Waals surface area contributed by atoms with E-state index >= 15 is 0 Å². The lowest BCUT2D eigenvalue weighted by Gasteiger charge is -2.18. The Balaban J connectivity index is 1.96. The van der Waals surface area contributed by atoms with Gasteiger partial charge in [-0.2, -0.15) is 18.2 Å². The molecule has 27 heavy (non-hydrogen) atoms. The summed E-state index contributed by atoms with van der Waals surface area (Å²) in [5.74, 6) is -0.0589. The first-order valence-electron chi connectivity index (χ1n) is 8.16. The lowest BCUT2D eigenvalue weighted by atomic mass is 10.0. The highest BCUT2D eigenvalue weighted by molar-refractivity contribution is 6.00. The van der Waals surface area contributed by atoms with E-state index < -0.39 is 23.2 Å². The number of carbonyl (C=O) groups excluding carboxylic acids is 1. The maximum atomic E-state index is 13.5. The van der Waals surface area contributed by atoms with Crippen LogP contribution in [0.15, 0.2) is 29.0 Å². The summed E-state index contributed by atoms with van der Waals surface area (Å²) >= 11 is 0. The Bertz CT molecular complexity index is 1040. The van der Waals surface area contributed by atoms with E-state index in [9.17, 15) is 18.0 Å². The number of rotatable bonds is 2. The van der Waals surface area contributed by atoms with Gasteiger partial charge >= 0.3 is 6.18 Å². The van der Waals surface area contributed by atoms with Crippen LogP contribution in [0.2, 0.25) is 0 Å². The van der Waals surface area contributed by atoms with Gasteiger partial charge in [0.2, 0.25) is 11.7 Å². The fraction of sp³-hybridized carbons (Fsp3) is 0.294. The van der Waals surface area contributed by atoms with Gasteiger partial charge in [-0.1, -0.05) is 18.1 Å². The molecule has 7 nitrogen and oxygen atoms in total. The molecule has 1 aromatic carbocycles. The zero-order valence-corrected chi connectivity index (χ0v) is 14.4. The van der Waals surface area contributed by atoms with Crippen LogP contribution in [0.25, 0.3) is 17.2 Å². The minimum Gasteiger partial charge on any atom is -0.339 e. The number of nitrogens with zero attached hydrogens (tertiary/aromatic N) is 5. The van der Waals surface area contributed by atoms with Crippen LogP contribution in [0, 0.1) is 0 Å². The smallest absolute Gasteiger partial charge is 0.339 e. The second-order valence-electron chi connectivity index (χ2n) is 6.13. The second kappa shape index (κ2) is 5.93. The number of aryl methyl sites for hydroxylation is 1. The topological polar surface area (TPSA) is 77.1 Å². The van der Waals surface area contributed by atoms with Crippen LogP contribution in [0.3, 0.4) is 0 Å². The van der Waals surface area contributed by atoms with Crippen molar-refractivity contribution < 1.29 is 22.5 Å². The quantitative estimate of drug-likeness (QED) is 0.686. The SMILES string of the molecule is CCc1nc(-c2ncn3c2CN(C)C(=O)c2c-3cccc2C(F)(F)F)no1. The van der Waals surface area contributed by atoms with Gasteiger partial charge in [-0.3, -0.25) is 9.36 Å². The summed E-state index contributed by atoms with van der Waals surface area (Å²) in [6.45, 7) is 1.91. The van der Waals surface area contributed by atoms with Crippen LogP contribution in [0.5, 0.6) is 0 Å². The molecule has 0 unspecified atom stereocenters. The first-order valence-corrected chi connectivity index (χ1v) is 8.16. The Morgan fingerprint density at radius 2 is 2.07 bits per heavy atom. The molecule has 0 atom stereocenters. The first kappa shape index (κ1) is 17.3. The molecule has 0 saturated heterocycles. The van der Waals surface area contributed by atoms with Crippen molar-refractivity contribution >= 4 is 5.91 Å². The molecule has 1 aliphatic heterocycles. The van der Waals surface area contributed by atoms with Crippen LogP contribution in [-0.4, -0.2) is 37.5 Å². The molecule has 0 fully saturated rings. The van der Waals surface area contributed by atoms with Crippen molar-refractivity contribution in [3.63, 3.8) is 0 Å². The molecular weight excluding hydrogens is 363 g/mol. The van der Waals surface area contributed by atoms with E-state index in [0.29, 0.717) is 23.7 Å². The van der Waals surface area contributed by atoms with Crippen LogP contribution >= 0.6 is 0 Å². The standard InChI is InChI=1S/C17H14F3N5O2/c1-3-12-22-15(23-27-12)14-11-7-24(2)16(26)13-9(17(18,19)20)5-4-6-10(13)25(11)8-21-14/h4-6,8H,3,7H2,1-2H3. The van der Waals surface area contributed by atoms with E-state index in [1.807, 2.05) is 6.92 Å². The van der Waals surface area contributed by atoms with E-state index in [0.717, 1.165) is 6.07 Å². The average Bonchev–Trinajstić information content (AvgIpc) is 3.24. The van der Waals surface area contributed by atoms with E-state index in [2.05, 4.69) is 15.1 Å². The number of carbonyl (C=O) groups is 1. The summed E-state index contributed by atoms with van der Waals surface area (Å²) in [5, 5.41) is 3.88. The number of hydrogen-bond acceptors (Lipinski definition) is 5. The Labute approximate surface area is 151 Å². The van der Waals surface area contributed by atoms with Gasteiger partial charge in [0.25, 0.3) is 5.91 Å². The van der Waals surface area contributed by atoms with Crippen LogP contribution in [-0.2, 0) is 19.1 Å². The number of aromatic nitrogens is 4. The Morgan fingerprint density at radius 3 is 2.74 bits per heavy atom. The third-order valence-electron chi connectivity index (χ3n) is 4.40. The Hall–Kier alpha value is -3.17. The minimum atomic E-state index is -4.65. The lowest BCUT2D eigenvalue weighted by molar-refractivity contribution is -0.138. The van der Waals surface area contributed by atoms with Crippen molar-refractivity contribution in [3.05, 3.63) is 47.2 Å². The van der Waals surface area contributed by atoms with E-state index in [1.54, 1.807) is 0 Å². The van der Waals surface area contributed by atoms with Crippen molar-refractivity contribution in [1.82, 2.24) is 24.6 Å². The summed E-state index contributed by atoms with van der Waals surface area (Å²) in [4.78, 5) is 22.4. The fourth-order valence-electron chi connectivity index (χ4n) is 3.10. The van der Waals surface area contributed by atoms with Crippen LogP contribution < -0.4 is 0 Å². The van der Waals surface area contributed by atoms with Gasteiger partial charge in [-0.25, -0.2) is 4.98 Å². The molecule has 0 bridgehead atoms. The number of imidazole rings is 1. The predicted molar refractivity (Wildman–Crippen MR) is 87.0 cm³/mol. The van der Waals surface area contributed by atoms with Gasteiger partial charge in [0.15, 0.2) is 0 Å². The molecule has 0 spiro atoms. The molecule has 1 amide bonds. The highest BCUT2D eigenvalue weighted by Gasteiger charge is 2.39. The van der Waals surface area contributed by atoms with Gasteiger partial charge < -0.3 is 9.42 Å². The summed E-state index contributed by atoms with van der Waals surface area (Å²) in [6.07, 6.45) is -2.74. The highest BCUT2D eigenvalue weighted by Crippen LogP contribution is 2.37. The summed E-state index contributed by atoms with van der Waals surface area (Å²) in [7, 11) is 1.44. The zero-order chi connectivity index (χ0) is 19.3. The van der Waals surface area contributed by atoms with Crippen molar-refractivity contribution in [2.75, 3.05) is 7.05 Å². The van der Waals surface area contributed by atoms with Crippen molar-refractivity contribution in [1.29, 1.82) is 0 Å². The molecule has 10 heteroatoms. The van der Waals surface area contributed by atoms with E-state index in [4.69, 9.17) is 4.52 Å². The van der Waals surface area contributed by atoms with Crippen LogP contribution in [0.4, 0.5) is 13.2 Å². The predicted octanol–water partition coefficient (Wildman–Crippen LogP) is 3.09. The highest BCUT2D eigenvalue weighted by atomic mass is 19.4. The maximum absolute atomic E-state index is 13.5. The molecule has 1 aliphatic rings. The number of alkyl halides is 3. The fourth-order valence-corrected chi connectivity index (χ4v) is 3.10. The Morgan fingerprint density at radius 1 is 1.30 bits per heavy atom. The molecule has 3 aromatic rings. The summed E-state index contributed by atoms with van der Waals surface area (Å²) in [6, 6.07) is 3.64. The normalized spacial score (nSPS) is 14.1. The zero-order valence-electron chi connectivity index (χ0n) is 14.4. The molecule has 4 rings (SSSR count). The van der Waals surface area contributed by atoms with Gasteiger partial charge in [0, 0.05) is 13.5 Å². The molecule has 0 saturated carbocycles. The van der Waals surface area contributed by atoms with Gasteiger partial charge in [0.05, 0.1) is 29.1 Å². The monoisotopic (exact) mass is 377 g/mol. The number of amides is 1. The van der Waals surface area contributed by atoms with Crippen molar-refractivity contribution in [2.24, 2.45) is 0 Å². The minimum absolute atomic E-state index is 0.0517. The number of fused-ring (bicyclic) bond motifs is 3. The average molecular weight is 377 g/mol. The van der Waals surface area contributed by atoms with Crippen LogP contribution in [0.1, 0.15) is 34.4 Å². The Kier molecular flexibility index (Phi) is 3.79. The number of halogens is 3. The number of benzene rings is 1. The van der Waals surface area contributed by atoms with E-state index in [-0.39, 0.29) is 18.1 Å². The molecule has 140 valence electrons. The van der Waals surface area contributed by atoms with Gasteiger partial charge in [-0.05, 0) is 12.1 Å². The summed E-state index contributed by atoms with van der Waals surface area (Å²) in [5.41, 5.74) is -0.395. The lowest BCUT2D eigenvalue weighted by Crippen LogP contribution is -2.27. The van der Waals surface area contributed by atoms with Crippen molar-refractivity contribution in [3.8, 4) is 17.2 Å². The van der Waals surface area contributed by atoms with Gasteiger partial charge in [0.1, 0.15) is 12.0 Å². The molecule has 3 heterocycles. The van der Waals surface area contributed by atoms with Gasteiger partial charge in [-0.15, -0.1) is 0 Å². The van der Waals surface area contributed by atoms with Crippen molar-refractivity contribution in [2.45, 2.75) is 26.1 Å². The summed E-state index contributed by atoms with van der Waals surface area (Å²) < 4.78 is 47.0. The molecule has 0 radical (unpaired) electrons. The largest absolute Gasteiger partial charge is 0.417 e. The van der Waals surface area contributed by atoms with E-state index in [1.165, 1.54) is 35.0 Å². The molecule has 0 aliphatic carbocycles. The molecular formula is C17H14F3N5O2. The maximum Gasteiger partial charge on any atom is 0.417 e. The first-order chi connectivity index (χ1) is 12.8.